The Morgan fingerprint density at radius 2 is 1.85 bits per heavy atom. The molecule has 0 spiro atoms. The Balaban J connectivity index is 1.67. The predicted molar refractivity (Wildman–Crippen MR) is 102 cm³/mol. The fourth-order valence-corrected chi connectivity index (χ4v) is 2.40. The first-order valence-corrected chi connectivity index (χ1v) is 8.25. The number of carbonyl (C=O) groups is 2. The van der Waals surface area contributed by atoms with Crippen LogP contribution in [0.2, 0.25) is 0 Å². The third-order valence-electron chi connectivity index (χ3n) is 3.73. The van der Waals surface area contributed by atoms with Crippen LogP contribution in [-0.4, -0.2) is 29.0 Å². The molecule has 0 aliphatic carbocycles. The number of amides is 1. The number of hydrogen-bond acceptors (Lipinski definition) is 6. The maximum atomic E-state index is 12.5. The lowest BCUT2D eigenvalue weighted by Gasteiger charge is -2.09. The van der Waals surface area contributed by atoms with Crippen molar-refractivity contribution in [3.8, 4) is 0 Å². The second-order valence-electron chi connectivity index (χ2n) is 5.63. The molecule has 2 heterocycles. The topological polar surface area (TPSA) is 93.2 Å². The molecular weight excluding hydrogens is 344 g/mol. The van der Waals surface area contributed by atoms with Crippen molar-refractivity contribution in [3.63, 3.8) is 0 Å². The maximum absolute atomic E-state index is 12.5. The van der Waals surface area contributed by atoms with Crippen molar-refractivity contribution in [1.29, 1.82) is 0 Å². The van der Waals surface area contributed by atoms with Crippen LogP contribution in [0.25, 0.3) is 0 Å². The lowest BCUT2D eigenvalue weighted by Crippen LogP contribution is -2.14. The Hall–Kier alpha value is -3.74. The standard InChI is InChI=1S/C20H18N4O3/c1-27-20(26)14-5-4-7-16(11-14)24-19(25)18-12-15(8-10-22-18)23-13-17-6-2-3-9-21-17/h2-12H,13H2,1H3,(H,22,23)(H,24,25). The van der Waals surface area contributed by atoms with Gasteiger partial charge in [0, 0.05) is 23.8 Å². The van der Waals surface area contributed by atoms with Crippen LogP contribution in [-0.2, 0) is 11.3 Å². The number of methoxy groups -OCH3 is 1. The lowest BCUT2D eigenvalue weighted by molar-refractivity contribution is 0.0600. The number of aromatic nitrogens is 2. The van der Waals surface area contributed by atoms with Gasteiger partial charge in [0.1, 0.15) is 5.69 Å². The molecule has 1 amide bonds. The van der Waals surface area contributed by atoms with Crippen LogP contribution in [0.15, 0.2) is 67.0 Å². The molecule has 7 nitrogen and oxygen atoms in total. The summed E-state index contributed by atoms with van der Waals surface area (Å²) >= 11 is 0. The van der Waals surface area contributed by atoms with E-state index in [2.05, 4.69) is 25.3 Å². The van der Waals surface area contributed by atoms with E-state index in [4.69, 9.17) is 0 Å². The number of hydrogen-bond donors (Lipinski definition) is 2. The minimum Gasteiger partial charge on any atom is -0.465 e. The maximum Gasteiger partial charge on any atom is 0.337 e. The third kappa shape index (κ3) is 4.88. The normalized spacial score (nSPS) is 10.1. The van der Waals surface area contributed by atoms with E-state index in [0.29, 0.717) is 17.8 Å². The van der Waals surface area contributed by atoms with Gasteiger partial charge in [0.25, 0.3) is 5.91 Å². The molecule has 3 aromatic rings. The number of nitrogens with zero attached hydrogens (tertiary/aromatic N) is 2. The van der Waals surface area contributed by atoms with Gasteiger partial charge < -0.3 is 15.4 Å². The summed E-state index contributed by atoms with van der Waals surface area (Å²) in [5, 5.41) is 5.94. The Morgan fingerprint density at radius 3 is 2.63 bits per heavy atom. The number of pyridine rings is 2. The van der Waals surface area contributed by atoms with Crippen LogP contribution in [0.4, 0.5) is 11.4 Å². The monoisotopic (exact) mass is 362 g/mol. The smallest absolute Gasteiger partial charge is 0.337 e. The number of benzene rings is 1. The van der Waals surface area contributed by atoms with E-state index < -0.39 is 5.97 Å². The van der Waals surface area contributed by atoms with Crippen LogP contribution in [0.5, 0.6) is 0 Å². The van der Waals surface area contributed by atoms with Gasteiger partial charge >= 0.3 is 5.97 Å². The SMILES string of the molecule is COC(=O)c1cccc(NC(=O)c2cc(NCc3ccccn3)ccn2)c1. The summed E-state index contributed by atoms with van der Waals surface area (Å²) in [6.45, 7) is 0.535. The van der Waals surface area contributed by atoms with Crippen LogP contribution < -0.4 is 10.6 Å². The fraction of sp³-hybridized carbons (Fsp3) is 0.100. The highest BCUT2D eigenvalue weighted by atomic mass is 16.5. The van der Waals surface area contributed by atoms with Gasteiger partial charge in [0.05, 0.1) is 24.9 Å². The average molecular weight is 362 g/mol. The molecule has 0 saturated heterocycles. The van der Waals surface area contributed by atoms with Gasteiger partial charge in [-0.25, -0.2) is 4.79 Å². The van der Waals surface area contributed by atoms with Gasteiger partial charge in [-0.1, -0.05) is 12.1 Å². The van der Waals surface area contributed by atoms with E-state index in [1.54, 1.807) is 48.8 Å². The van der Waals surface area contributed by atoms with Gasteiger partial charge in [0.2, 0.25) is 0 Å². The van der Waals surface area contributed by atoms with E-state index in [9.17, 15) is 9.59 Å². The van der Waals surface area contributed by atoms with Crippen LogP contribution in [0, 0.1) is 0 Å². The van der Waals surface area contributed by atoms with Crippen molar-refractivity contribution in [2.24, 2.45) is 0 Å². The Bertz CT molecular complexity index is 945. The molecule has 1 aromatic carbocycles. The molecule has 27 heavy (non-hydrogen) atoms. The zero-order valence-electron chi connectivity index (χ0n) is 14.7. The van der Waals surface area contributed by atoms with Crippen molar-refractivity contribution in [2.45, 2.75) is 6.54 Å². The van der Waals surface area contributed by atoms with Gasteiger partial charge in [-0.3, -0.25) is 14.8 Å². The number of rotatable bonds is 6. The van der Waals surface area contributed by atoms with Crippen LogP contribution in [0.1, 0.15) is 26.5 Å². The first-order chi connectivity index (χ1) is 13.2. The molecule has 0 aliphatic heterocycles. The molecule has 2 aromatic heterocycles. The molecule has 7 heteroatoms. The summed E-state index contributed by atoms with van der Waals surface area (Å²) in [7, 11) is 1.31. The van der Waals surface area contributed by atoms with E-state index in [0.717, 1.165) is 11.4 Å². The summed E-state index contributed by atoms with van der Waals surface area (Å²) in [6, 6.07) is 15.6. The predicted octanol–water partition coefficient (Wildman–Crippen LogP) is 3.13. The molecule has 0 radical (unpaired) electrons. The second kappa shape index (κ2) is 8.57. The highest BCUT2D eigenvalue weighted by molar-refractivity contribution is 6.04. The first-order valence-electron chi connectivity index (χ1n) is 8.25. The highest BCUT2D eigenvalue weighted by Crippen LogP contribution is 2.14. The van der Waals surface area contributed by atoms with E-state index in [1.165, 1.54) is 7.11 Å². The summed E-state index contributed by atoms with van der Waals surface area (Å²) in [4.78, 5) is 32.4. The van der Waals surface area contributed by atoms with Crippen molar-refractivity contribution in [2.75, 3.05) is 17.7 Å². The molecule has 2 N–H and O–H groups in total. The molecule has 0 aliphatic rings. The summed E-state index contributed by atoms with van der Waals surface area (Å²) in [5.74, 6) is -0.844. The molecule has 0 bridgehead atoms. The van der Waals surface area contributed by atoms with Crippen LogP contribution >= 0.6 is 0 Å². The van der Waals surface area contributed by atoms with E-state index in [-0.39, 0.29) is 11.6 Å². The van der Waals surface area contributed by atoms with Crippen LogP contribution in [0.3, 0.4) is 0 Å². The molecule has 0 atom stereocenters. The summed E-state index contributed by atoms with van der Waals surface area (Å²) in [6.07, 6.45) is 3.28. The average Bonchev–Trinajstić information content (AvgIpc) is 2.73. The van der Waals surface area contributed by atoms with E-state index >= 15 is 0 Å². The Morgan fingerprint density at radius 1 is 0.963 bits per heavy atom. The van der Waals surface area contributed by atoms with Gasteiger partial charge in [0.15, 0.2) is 0 Å². The van der Waals surface area contributed by atoms with E-state index in [1.807, 2.05) is 18.2 Å². The minimum atomic E-state index is -0.468. The molecule has 0 saturated carbocycles. The molecule has 0 fully saturated rings. The quantitative estimate of drug-likeness (QED) is 0.655. The number of nitrogens with one attached hydrogen (secondary N) is 2. The van der Waals surface area contributed by atoms with Crippen molar-refractivity contribution in [3.05, 3.63) is 83.9 Å². The number of anilines is 2. The number of ether oxygens (including phenoxy) is 1. The largest absolute Gasteiger partial charge is 0.465 e. The first kappa shape index (κ1) is 18.1. The Kier molecular flexibility index (Phi) is 5.73. The highest BCUT2D eigenvalue weighted by Gasteiger charge is 2.11. The van der Waals surface area contributed by atoms with Crippen molar-refractivity contribution in [1.82, 2.24) is 9.97 Å². The van der Waals surface area contributed by atoms with Gasteiger partial charge in [-0.15, -0.1) is 0 Å². The molecule has 3 rings (SSSR count). The number of esters is 1. The molecular formula is C20H18N4O3. The van der Waals surface area contributed by atoms with Gasteiger partial charge in [-0.05, 0) is 42.5 Å². The van der Waals surface area contributed by atoms with Gasteiger partial charge in [-0.2, -0.15) is 0 Å². The summed E-state index contributed by atoms with van der Waals surface area (Å²) in [5.41, 5.74) is 2.74. The van der Waals surface area contributed by atoms with Crippen molar-refractivity contribution >= 4 is 23.3 Å². The minimum absolute atomic E-state index is 0.254. The third-order valence-corrected chi connectivity index (χ3v) is 3.73. The molecule has 136 valence electrons. The lowest BCUT2D eigenvalue weighted by atomic mass is 10.2. The zero-order valence-corrected chi connectivity index (χ0v) is 14.7. The second-order valence-corrected chi connectivity index (χ2v) is 5.63. The zero-order chi connectivity index (χ0) is 19.1. The number of carbonyl (C=O) groups excluding carboxylic acids is 2. The molecule has 0 unspecified atom stereocenters. The fourth-order valence-electron chi connectivity index (χ4n) is 2.40. The Labute approximate surface area is 156 Å². The van der Waals surface area contributed by atoms with Crippen molar-refractivity contribution < 1.29 is 14.3 Å². The summed E-state index contributed by atoms with van der Waals surface area (Å²) < 4.78 is 4.68.